The summed E-state index contributed by atoms with van der Waals surface area (Å²) >= 11 is 1.41. The number of fused-ring (bicyclic) bond motifs is 3. The molecule has 4 atom stereocenters. The van der Waals surface area contributed by atoms with Gasteiger partial charge in [-0.25, -0.2) is 0 Å². The van der Waals surface area contributed by atoms with Crippen molar-refractivity contribution in [1.82, 2.24) is 0 Å². The van der Waals surface area contributed by atoms with E-state index in [9.17, 15) is 0 Å². The Balaban J connectivity index is 1.72. The quantitative estimate of drug-likeness (QED) is 0.487. The van der Waals surface area contributed by atoms with Crippen LogP contribution in [-0.2, 0) is 16.5 Å². The van der Waals surface area contributed by atoms with Crippen molar-refractivity contribution in [3.63, 3.8) is 0 Å². The standard InChI is InChI=1S/C25H22S/c1-3-11-19(12-4-1)25(26-20-13-5-2-6-14-20)23-17-9-7-15-21(23)22-16-8-10-18-24(22)25/h1-11,13-19,21,23H,12H2/p+1/t19-,21?,23?,25?/m0/s1. The smallest absolute Gasteiger partial charge is 0.0837 e. The molecule has 128 valence electrons. The van der Waals surface area contributed by atoms with E-state index in [0.29, 0.717) is 17.8 Å². The summed E-state index contributed by atoms with van der Waals surface area (Å²) < 4.78 is 0.0884. The summed E-state index contributed by atoms with van der Waals surface area (Å²) in [6.45, 7) is 0. The normalized spacial score (nSPS) is 31.0. The van der Waals surface area contributed by atoms with Crippen molar-refractivity contribution in [3.05, 3.63) is 114 Å². The van der Waals surface area contributed by atoms with Crippen molar-refractivity contribution in [1.29, 1.82) is 0 Å². The second-order valence-corrected chi connectivity index (χ2v) is 8.82. The first-order valence-corrected chi connectivity index (χ1v) is 10.3. The molecule has 2 aromatic rings. The Morgan fingerprint density at radius 2 is 1.54 bits per heavy atom. The highest BCUT2D eigenvalue weighted by Gasteiger charge is 2.60. The maximum absolute atomic E-state index is 2.47. The summed E-state index contributed by atoms with van der Waals surface area (Å²) in [6, 6.07) is 20.2. The van der Waals surface area contributed by atoms with E-state index in [1.54, 1.807) is 5.56 Å². The van der Waals surface area contributed by atoms with Gasteiger partial charge in [0, 0.05) is 35.1 Å². The van der Waals surface area contributed by atoms with Crippen LogP contribution in [0.5, 0.6) is 0 Å². The Kier molecular flexibility index (Phi) is 3.98. The summed E-state index contributed by atoms with van der Waals surface area (Å²) in [5.41, 5.74) is 3.06. The number of hydrogen-bond acceptors (Lipinski definition) is 0. The van der Waals surface area contributed by atoms with Crippen LogP contribution in [0.4, 0.5) is 0 Å². The van der Waals surface area contributed by atoms with Crippen LogP contribution in [-0.4, -0.2) is 0 Å². The molecular weight excluding hydrogens is 332 g/mol. The molecule has 0 N–H and O–H groups in total. The molecule has 5 rings (SSSR count). The lowest BCUT2D eigenvalue weighted by Gasteiger charge is -2.36. The van der Waals surface area contributed by atoms with Crippen LogP contribution in [0.25, 0.3) is 0 Å². The fraction of sp³-hybridized carbons (Fsp3) is 0.200. The number of rotatable bonds is 3. The maximum Gasteiger partial charge on any atom is 0.170 e. The fourth-order valence-corrected chi connectivity index (χ4v) is 6.77. The molecule has 0 saturated carbocycles. The van der Waals surface area contributed by atoms with E-state index < -0.39 is 0 Å². The van der Waals surface area contributed by atoms with E-state index in [1.165, 1.54) is 22.2 Å². The van der Waals surface area contributed by atoms with Crippen LogP contribution in [0.3, 0.4) is 0 Å². The van der Waals surface area contributed by atoms with E-state index in [-0.39, 0.29) is 4.75 Å². The lowest BCUT2D eigenvalue weighted by molar-refractivity contribution is 0.367. The molecule has 0 aliphatic heterocycles. The number of hydrogen-bond donors (Lipinski definition) is 0. The Morgan fingerprint density at radius 1 is 0.769 bits per heavy atom. The third-order valence-corrected chi connectivity index (χ3v) is 7.81. The Hall–Kier alpha value is -2.25. The molecule has 0 spiro atoms. The number of thiol groups is 1. The zero-order valence-electron chi connectivity index (χ0n) is 14.7. The van der Waals surface area contributed by atoms with Gasteiger partial charge in [0.15, 0.2) is 9.64 Å². The molecule has 0 fully saturated rings. The van der Waals surface area contributed by atoms with Crippen LogP contribution in [0.15, 0.2) is 108 Å². The van der Waals surface area contributed by atoms with Gasteiger partial charge >= 0.3 is 0 Å². The minimum atomic E-state index is 0.0884. The Bertz CT molecular complexity index is 918. The molecule has 26 heavy (non-hydrogen) atoms. The van der Waals surface area contributed by atoms with E-state index in [2.05, 4.69) is 103 Å². The average molecular weight is 356 g/mol. The van der Waals surface area contributed by atoms with Crippen molar-refractivity contribution < 1.29 is 0 Å². The van der Waals surface area contributed by atoms with Crippen molar-refractivity contribution in [2.24, 2.45) is 11.8 Å². The van der Waals surface area contributed by atoms with Gasteiger partial charge in [0.2, 0.25) is 0 Å². The molecule has 0 bridgehead atoms. The lowest BCUT2D eigenvalue weighted by Crippen LogP contribution is -2.41. The van der Waals surface area contributed by atoms with E-state index in [4.69, 9.17) is 0 Å². The third-order valence-electron chi connectivity index (χ3n) is 6.01. The van der Waals surface area contributed by atoms with E-state index >= 15 is 0 Å². The first-order chi connectivity index (χ1) is 12.9. The first-order valence-electron chi connectivity index (χ1n) is 9.45. The molecule has 0 nitrogen and oxygen atoms in total. The summed E-state index contributed by atoms with van der Waals surface area (Å²) in [6.07, 6.45) is 19.7. The van der Waals surface area contributed by atoms with Crippen LogP contribution in [0.2, 0.25) is 0 Å². The van der Waals surface area contributed by atoms with Gasteiger partial charge in [-0.2, -0.15) is 0 Å². The second-order valence-electron chi connectivity index (χ2n) is 7.34. The van der Waals surface area contributed by atoms with Gasteiger partial charge in [-0.15, -0.1) is 0 Å². The molecule has 1 heteroatoms. The number of allylic oxidation sites excluding steroid dienone is 8. The Labute approximate surface area is 160 Å². The lowest BCUT2D eigenvalue weighted by atomic mass is 9.74. The largest absolute Gasteiger partial charge is 0.170 e. The minimum absolute atomic E-state index is 0.0884. The highest BCUT2D eigenvalue weighted by atomic mass is 32.2. The summed E-state index contributed by atoms with van der Waals surface area (Å²) in [7, 11) is 0. The molecule has 3 aliphatic rings. The summed E-state index contributed by atoms with van der Waals surface area (Å²) in [5, 5.41) is 0. The second kappa shape index (κ2) is 6.48. The van der Waals surface area contributed by atoms with Gasteiger partial charge in [0.25, 0.3) is 0 Å². The minimum Gasteiger partial charge on any atom is -0.0837 e. The van der Waals surface area contributed by atoms with Gasteiger partial charge in [0.1, 0.15) is 0 Å². The van der Waals surface area contributed by atoms with Gasteiger partial charge in [-0.05, 0) is 24.1 Å². The first kappa shape index (κ1) is 16.0. The average Bonchev–Trinajstić information content (AvgIpc) is 3.01. The van der Waals surface area contributed by atoms with E-state index in [1.807, 2.05) is 0 Å². The van der Waals surface area contributed by atoms with Gasteiger partial charge in [-0.3, -0.25) is 0 Å². The van der Waals surface area contributed by atoms with Crippen molar-refractivity contribution in [3.8, 4) is 0 Å². The van der Waals surface area contributed by atoms with Crippen molar-refractivity contribution in [2.45, 2.75) is 22.0 Å². The van der Waals surface area contributed by atoms with Crippen LogP contribution >= 0.6 is 0 Å². The molecule has 0 radical (unpaired) electrons. The monoisotopic (exact) mass is 355 g/mol. The predicted molar refractivity (Wildman–Crippen MR) is 112 cm³/mol. The SMILES string of the molecule is C1=CC[C@@H](C2([SH+]c3ccccc3)c3ccccc3C3C=CC=CC32)C=C1. The van der Waals surface area contributed by atoms with Gasteiger partial charge < -0.3 is 0 Å². The molecule has 0 saturated heterocycles. The maximum atomic E-state index is 2.47. The highest BCUT2D eigenvalue weighted by Crippen LogP contribution is 2.59. The van der Waals surface area contributed by atoms with Crippen LogP contribution in [0.1, 0.15) is 23.5 Å². The molecule has 3 unspecified atom stereocenters. The van der Waals surface area contributed by atoms with Crippen molar-refractivity contribution in [2.75, 3.05) is 0 Å². The molecule has 2 aromatic carbocycles. The number of benzene rings is 2. The predicted octanol–water partition coefficient (Wildman–Crippen LogP) is 5.73. The molecular formula is C25H23S+. The highest BCUT2D eigenvalue weighted by molar-refractivity contribution is 7.79. The topological polar surface area (TPSA) is 0 Å². The van der Waals surface area contributed by atoms with Gasteiger partial charge in [-0.1, -0.05) is 91.1 Å². The van der Waals surface area contributed by atoms with Crippen molar-refractivity contribution >= 4 is 11.8 Å². The van der Waals surface area contributed by atoms with Gasteiger partial charge in [0.05, 0.1) is 0 Å². The molecule has 0 amide bonds. The van der Waals surface area contributed by atoms with Crippen LogP contribution in [0, 0.1) is 11.8 Å². The van der Waals surface area contributed by atoms with E-state index in [0.717, 1.165) is 6.42 Å². The third kappa shape index (κ3) is 2.38. The Morgan fingerprint density at radius 3 is 2.38 bits per heavy atom. The molecule has 0 aromatic heterocycles. The summed E-state index contributed by atoms with van der Waals surface area (Å²) in [4.78, 5) is 1.41. The molecule has 3 aliphatic carbocycles. The zero-order valence-corrected chi connectivity index (χ0v) is 15.6. The molecule has 0 heterocycles. The van der Waals surface area contributed by atoms with Crippen LogP contribution < -0.4 is 0 Å². The fourth-order valence-electron chi connectivity index (χ4n) is 4.94. The summed E-state index contributed by atoms with van der Waals surface area (Å²) in [5.74, 6) is 1.52. The zero-order chi connectivity index (χ0) is 17.4.